The van der Waals surface area contributed by atoms with Gasteiger partial charge in [0.2, 0.25) is 0 Å². The van der Waals surface area contributed by atoms with E-state index in [1.54, 1.807) is 11.4 Å². The molecule has 0 amide bonds. The molecule has 5 heteroatoms. The van der Waals surface area contributed by atoms with E-state index in [4.69, 9.17) is 16.7 Å². The van der Waals surface area contributed by atoms with Gasteiger partial charge in [-0.25, -0.2) is 4.79 Å². The minimum absolute atomic E-state index is 0.361. The van der Waals surface area contributed by atoms with Gasteiger partial charge in [0.1, 0.15) is 0 Å². The van der Waals surface area contributed by atoms with Gasteiger partial charge in [0, 0.05) is 21.8 Å². The molecule has 2 N–H and O–H groups in total. The van der Waals surface area contributed by atoms with Crippen LogP contribution in [0.5, 0.6) is 0 Å². The second kappa shape index (κ2) is 6.70. The smallest absolute Gasteiger partial charge is 0.336 e. The first kappa shape index (κ1) is 14.1. The Kier molecular flexibility index (Phi) is 4.96. The van der Waals surface area contributed by atoms with Gasteiger partial charge in [0.15, 0.2) is 0 Å². The van der Waals surface area contributed by atoms with Crippen molar-refractivity contribution in [2.75, 3.05) is 6.54 Å². The number of carboxylic acid groups (broad SMARTS) is 1. The quantitative estimate of drug-likeness (QED) is 0.803. The Morgan fingerprint density at radius 1 is 1.32 bits per heavy atom. The molecule has 0 aliphatic rings. The molecule has 2 rings (SSSR count). The Balaban J connectivity index is 1.74. The molecular weight excluding hydrogens is 282 g/mol. The van der Waals surface area contributed by atoms with E-state index in [0.717, 1.165) is 22.9 Å². The third-order valence-electron chi connectivity index (χ3n) is 2.70. The van der Waals surface area contributed by atoms with Gasteiger partial charge >= 0.3 is 5.97 Å². The standard InChI is InChI=1S/C14H14ClNO2S/c15-12-3-1-10(2-4-12)5-6-16-8-13-7-11(9-19-13)14(17)18/h1-4,7,9,16H,5-6,8H2,(H,17,18). The number of benzene rings is 1. The van der Waals surface area contributed by atoms with Gasteiger partial charge in [-0.3, -0.25) is 0 Å². The summed E-state index contributed by atoms with van der Waals surface area (Å²) in [6, 6.07) is 9.50. The van der Waals surface area contributed by atoms with Crippen molar-refractivity contribution in [1.82, 2.24) is 5.32 Å². The van der Waals surface area contributed by atoms with Crippen molar-refractivity contribution >= 4 is 28.9 Å². The molecular formula is C14H14ClNO2S. The normalized spacial score (nSPS) is 10.6. The molecule has 1 heterocycles. The molecule has 0 saturated carbocycles. The van der Waals surface area contributed by atoms with E-state index in [-0.39, 0.29) is 0 Å². The van der Waals surface area contributed by atoms with Crippen molar-refractivity contribution in [1.29, 1.82) is 0 Å². The Morgan fingerprint density at radius 2 is 2.05 bits per heavy atom. The van der Waals surface area contributed by atoms with Crippen molar-refractivity contribution in [3.8, 4) is 0 Å². The zero-order valence-corrected chi connectivity index (χ0v) is 11.8. The van der Waals surface area contributed by atoms with Gasteiger partial charge in [-0.1, -0.05) is 23.7 Å². The van der Waals surface area contributed by atoms with E-state index >= 15 is 0 Å². The minimum Gasteiger partial charge on any atom is -0.478 e. The predicted octanol–water partition coefficient (Wildman–Crippen LogP) is 3.43. The summed E-state index contributed by atoms with van der Waals surface area (Å²) in [7, 11) is 0. The van der Waals surface area contributed by atoms with Crippen molar-refractivity contribution in [3.05, 3.63) is 56.7 Å². The number of nitrogens with one attached hydrogen (secondary N) is 1. The summed E-state index contributed by atoms with van der Waals surface area (Å²) in [6.07, 6.45) is 0.925. The largest absolute Gasteiger partial charge is 0.478 e. The maximum absolute atomic E-state index is 10.7. The molecule has 3 nitrogen and oxygen atoms in total. The fourth-order valence-corrected chi connectivity index (χ4v) is 2.63. The van der Waals surface area contributed by atoms with Crippen LogP contribution in [-0.2, 0) is 13.0 Å². The molecule has 0 fully saturated rings. The number of hydrogen-bond donors (Lipinski definition) is 2. The highest BCUT2D eigenvalue weighted by Crippen LogP contribution is 2.14. The summed E-state index contributed by atoms with van der Waals surface area (Å²) in [5, 5.41) is 14.5. The first-order valence-electron chi connectivity index (χ1n) is 5.91. The van der Waals surface area contributed by atoms with E-state index in [9.17, 15) is 4.79 Å². The number of carbonyl (C=O) groups is 1. The highest BCUT2D eigenvalue weighted by atomic mass is 35.5. The van der Waals surface area contributed by atoms with Gasteiger partial charge < -0.3 is 10.4 Å². The molecule has 100 valence electrons. The van der Waals surface area contributed by atoms with Crippen LogP contribution in [0.4, 0.5) is 0 Å². The van der Waals surface area contributed by atoms with E-state index in [2.05, 4.69) is 5.32 Å². The van der Waals surface area contributed by atoms with Crippen LogP contribution >= 0.6 is 22.9 Å². The molecule has 0 saturated heterocycles. The van der Waals surface area contributed by atoms with Crippen LogP contribution in [0.3, 0.4) is 0 Å². The lowest BCUT2D eigenvalue weighted by Gasteiger charge is -2.03. The minimum atomic E-state index is -0.872. The third kappa shape index (κ3) is 4.35. The number of hydrogen-bond acceptors (Lipinski definition) is 3. The van der Waals surface area contributed by atoms with Crippen molar-refractivity contribution in [2.45, 2.75) is 13.0 Å². The molecule has 19 heavy (non-hydrogen) atoms. The summed E-state index contributed by atoms with van der Waals surface area (Å²) >= 11 is 7.28. The Hall–Kier alpha value is -1.36. The van der Waals surface area contributed by atoms with E-state index in [1.807, 2.05) is 24.3 Å². The SMILES string of the molecule is O=C(O)c1csc(CNCCc2ccc(Cl)cc2)c1. The molecule has 0 radical (unpaired) electrons. The molecule has 0 bridgehead atoms. The highest BCUT2D eigenvalue weighted by molar-refractivity contribution is 7.10. The van der Waals surface area contributed by atoms with Gasteiger partial charge in [-0.15, -0.1) is 11.3 Å². The van der Waals surface area contributed by atoms with E-state index in [0.29, 0.717) is 12.1 Å². The number of aromatic carboxylic acids is 1. The topological polar surface area (TPSA) is 49.3 Å². The zero-order valence-electron chi connectivity index (χ0n) is 10.2. The third-order valence-corrected chi connectivity index (χ3v) is 3.89. The van der Waals surface area contributed by atoms with E-state index < -0.39 is 5.97 Å². The molecule has 0 atom stereocenters. The van der Waals surface area contributed by atoms with Crippen LogP contribution in [0, 0.1) is 0 Å². The van der Waals surface area contributed by atoms with Crippen molar-refractivity contribution < 1.29 is 9.90 Å². The summed E-state index contributed by atoms with van der Waals surface area (Å²) in [5.74, 6) is -0.872. The molecule has 1 aromatic heterocycles. The monoisotopic (exact) mass is 295 g/mol. The molecule has 0 spiro atoms. The van der Waals surface area contributed by atoms with Crippen molar-refractivity contribution in [3.63, 3.8) is 0 Å². The second-order valence-corrected chi connectivity index (χ2v) is 5.59. The predicted molar refractivity (Wildman–Crippen MR) is 78.1 cm³/mol. The fraction of sp³-hybridized carbons (Fsp3) is 0.214. The van der Waals surface area contributed by atoms with Crippen molar-refractivity contribution in [2.24, 2.45) is 0 Å². The van der Waals surface area contributed by atoms with Crippen LogP contribution in [-0.4, -0.2) is 17.6 Å². The van der Waals surface area contributed by atoms with Gasteiger partial charge in [0.05, 0.1) is 5.56 Å². The van der Waals surface area contributed by atoms with Crippen LogP contribution in [0.2, 0.25) is 5.02 Å². The molecule has 2 aromatic rings. The maximum Gasteiger partial charge on any atom is 0.336 e. The molecule has 0 unspecified atom stereocenters. The average molecular weight is 296 g/mol. The lowest BCUT2D eigenvalue weighted by atomic mass is 10.1. The van der Waals surface area contributed by atoms with E-state index in [1.165, 1.54) is 16.9 Å². The van der Waals surface area contributed by atoms with Crippen LogP contribution in [0.15, 0.2) is 35.7 Å². The summed E-state index contributed by atoms with van der Waals surface area (Å²) in [5.41, 5.74) is 1.59. The number of thiophene rings is 1. The summed E-state index contributed by atoms with van der Waals surface area (Å²) in [6.45, 7) is 1.55. The Bertz CT molecular complexity index is 551. The average Bonchev–Trinajstić information content (AvgIpc) is 2.86. The van der Waals surface area contributed by atoms with Gasteiger partial charge in [0.25, 0.3) is 0 Å². The van der Waals surface area contributed by atoms with Gasteiger partial charge in [-0.05, 0) is 36.7 Å². The fourth-order valence-electron chi connectivity index (χ4n) is 1.68. The zero-order chi connectivity index (χ0) is 13.7. The molecule has 0 aliphatic heterocycles. The van der Waals surface area contributed by atoms with Crippen LogP contribution < -0.4 is 5.32 Å². The summed E-state index contributed by atoms with van der Waals surface area (Å²) in [4.78, 5) is 11.8. The lowest BCUT2D eigenvalue weighted by molar-refractivity contribution is 0.0697. The number of carboxylic acids is 1. The Morgan fingerprint density at radius 3 is 2.68 bits per heavy atom. The van der Waals surface area contributed by atoms with Gasteiger partial charge in [-0.2, -0.15) is 0 Å². The molecule has 0 aliphatic carbocycles. The maximum atomic E-state index is 10.7. The summed E-state index contributed by atoms with van der Waals surface area (Å²) < 4.78 is 0. The second-order valence-electron chi connectivity index (χ2n) is 4.16. The first-order chi connectivity index (χ1) is 9.15. The molecule has 1 aromatic carbocycles. The number of halogens is 1. The lowest BCUT2D eigenvalue weighted by Crippen LogP contribution is -2.15. The van der Waals surface area contributed by atoms with Crippen LogP contribution in [0.1, 0.15) is 20.8 Å². The highest BCUT2D eigenvalue weighted by Gasteiger charge is 2.05. The first-order valence-corrected chi connectivity index (χ1v) is 7.17. The van der Waals surface area contributed by atoms with Crippen LogP contribution in [0.25, 0.3) is 0 Å². The Labute approximate surface area is 120 Å². The number of rotatable bonds is 6.